The molecule has 2 N–H and O–H groups in total. The molecule has 0 bridgehead atoms. The fourth-order valence-electron chi connectivity index (χ4n) is 4.01. The summed E-state index contributed by atoms with van der Waals surface area (Å²) < 4.78 is 17.2. The number of methoxy groups -OCH3 is 1. The smallest absolute Gasteiger partial charge is 0.339 e. The van der Waals surface area contributed by atoms with Crippen LogP contribution in [0.1, 0.15) is 34.5 Å². The molecule has 8 nitrogen and oxygen atoms in total. The number of carbonyl (C=O) groups is 1. The highest BCUT2D eigenvalue weighted by Gasteiger charge is 2.26. The first-order chi connectivity index (χ1) is 16.9. The van der Waals surface area contributed by atoms with Gasteiger partial charge in [0, 0.05) is 40.2 Å². The number of ether oxygens (including phenoxy) is 2. The van der Waals surface area contributed by atoms with Crippen LogP contribution in [-0.2, 0) is 6.42 Å². The number of benzene rings is 2. The summed E-state index contributed by atoms with van der Waals surface area (Å²) in [5.74, 6) is 1.42. The number of hydrogen-bond acceptors (Lipinski definition) is 7. The molecule has 1 fully saturated rings. The number of anilines is 1. The van der Waals surface area contributed by atoms with Crippen molar-refractivity contribution in [3.05, 3.63) is 64.6 Å². The van der Waals surface area contributed by atoms with Gasteiger partial charge in [-0.3, -0.25) is 0 Å². The van der Waals surface area contributed by atoms with Crippen molar-refractivity contribution in [3.8, 4) is 22.8 Å². The van der Waals surface area contributed by atoms with Crippen LogP contribution in [0.4, 0.5) is 5.82 Å². The topological polar surface area (TPSA) is 107 Å². The number of fused-ring (bicyclic) bond motifs is 1. The number of aromatic carboxylic acids is 1. The minimum atomic E-state index is -1.02. The highest BCUT2D eigenvalue weighted by atomic mass is 35.5. The summed E-state index contributed by atoms with van der Waals surface area (Å²) >= 11 is 6.26. The Kier molecular flexibility index (Phi) is 6.21. The van der Waals surface area contributed by atoms with Gasteiger partial charge in [0.2, 0.25) is 0 Å². The number of rotatable bonds is 9. The second-order valence-corrected chi connectivity index (χ2v) is 8.86. The molecular formula is C26H24ClN3O5. The lowest BCUT2D eigenvalue weighted by Gasteiger charge is -2.11. The number of furan rings is 1. The van der Waals surface area contributed by atoms with E-state index in [2.05, 4.69) is 15.3 Å². The molecule has 0 amide bonds. The van der Waals surface area contributed by atoms with E-state index in [9.17, 15) is 9.90 Å². The molecule has 2 aromatic carbocycles. The highest BCUT2D eigenvalue weighted by Crippen LogP contribution is 2.36. The third kappa shape index (κ3) is 4.88. The van der Waals surface area contributed by atoms with E-state index in [0.29, 0.717) is 46.6 Å². The number of aryl methyl sites for hydroxylation is 1. The first-order valence-electron chi connectivity index (χ1n) is 11.3. The van der Waals surface area contributed by atoms with Gasteiger partial charge in [-0.2, -0.15) is 0 Å². The van der Waals surface area contributed by atoms with Gasteiger partial charge < -0.3 is 24.3 Å². The number of carboxylic acids is 1. The van der Waals surface area contributed by atoms with Crippen molar-refractivity contribution in [1.29, 1.82) is 0 Å². The molecule has 1 aliphatic rings. The normalized spacial score (nSPS) is 13.1. The summed E-state index contributed by atoms with van der Waals surface area (Å²) in [6.07, 6.45) is 4.13. The zero-order valence-electron chi connectivity index (χ0n) is 19.3. The lowest BCUT2D eigenvalue weighted by atomic mass is 10.1. The lowest BCUT2D eigenvalue weighted by Crippen LogP contribution is -2.07. The van der Waals surface area contributed by atoms with Gasteiger partial charge in [0.15, 0.2) is 11.3 Å². The fraction of sp³-hybridized carbons (Fsp3) is 0.269. The first-order valence-corrected chi connectivity index (χ1v) is 11.7. The Morgan fingerprint density at radius 3 is 2.77 bits per heavy atom. The van der Waals surface area contributed by atoms with Gasteiger partial charge >= 0.3 is 5.97 Å². The van der Waals surface area contributed by atoms with E-state index in [4.69, 9.17) is 25.5 Å². The number of halogens is 1. The predicted molar refractivity (Wildman–Crippen MR) is 133 cm³/mol. The van der Waals surface area contributed by atoms with Gasteiger partial charge in [0.1, 0.15) is 29.2 Å². The average molecular weight is 494 g/mol. The van der Waals surface area contributed by atoms with Crippen LogP contribution < -0.4 is 14.8 Å². The molecule has 0 saturated heterocycles. The molecular weight excluding hydrogens is 470 g/mol. The summed E-state index contributed by atoms with van der Waals surface area (Å²) in [5, 5.41) is 14.3. The van der Waals surface area contributed by atoms with Crippen LogP contribution in [-0.4, -0.2) is 40.8 Å². The standard InChI is InChI=1S/C26H24ClN3O5/c1-14-18(20-10-16(27)11-23(33-2)25(20)34-14)7-8-28-24-12-21(29-13-30-24)15-3-6-19(26(31)32)22(9-15)35-17-4-5-17/h3,6,9-13,17H,4-5,7-8H2,1-2H3,(H,31,32)(H,28,29,30). The molecule has 4 aromatic rings. The molecule has 1 saturated carbocycles. The zero-order chi connectivity index (χ0) is 24.5. The average Bonchev–Trinajstić information content (AvgIpc) is 3.61. The van der Waals surface area contributed by atoms with Gasteiger partial charge in [-0.15, -0.1) is 0 Å². The maximum absolute atomic E-state index is 11.6. The predicted octanol–water partition coefficient (Wildman–Crippen LogP) is 5.75. The molecule has 2 heterocycles. The zero-order valence-corrected chi connectivity index (χ0v) is 20.1. The van der Waals surface area contributed by atoms with Gasteiger partial charge in [0.05, 0.1) is 18.9 Å². The van der Waals surface area contributed by atoms with Gasteiger partial charge in [-0.1, -0.05) is 17.7 Å². The third-order valence-corrected chi connectivity index (χ3v) is 6.14. The Labute approximate surface area is 206 Å². The van der Waals surface area contributed by atoms with E-state index in [0.717, 1.165) is 35.1 Å². The second kappa shape index (κ2) is 9.46. The molecule has 5 rings (SSSR count). The molecule has 180 valence electrons. The van der Waals surface area contributed by atoms with Crippen LogP contribution in [0, 0.1) is 6.92 Å². The summed E-state index contributed by atoms with van der Waals surface area (Å²) in [5.41, 5.74) is 3.31. The maximum atomic E-state index is 11.6. The molecule has 0 spiro atoms. The van der Waals surface area contributed by atoms with Crippen molar-refractivity contribution in [1.82, 2.24) is 9.97 Å². The second-order valence-electron chi connectivity index (χ2n) is 8.42. The van der Waals surface area contributed by atoms with Gasteiger partial charge in [0.25, 0.3) is 0 Å². The third-order valence-electron chi connectivity index (χ3n) is 5.92. The van der Waals surface area contributed by atoms with E-state index in [-0.39, 0.29) is 11.7 Å². The molecule has 0 radical (unpaired) electrons. The number of hydrogen-bond donors (Lipinski definition) is 2. The van der Waals surface area contributed by atoms with E-state index in [1.54, 1.807) is 31.4 Å². The molecule has 0 unspecified atom stereocenters. The Morgan fingerprint density at radius 1 is 1.20 bits per heavy atom. The van der Waals surface area contributed by atoms with E-state index in [1.165, 1.54) is 6.33 Å². The lowest BCUT2D eigenvalue weighted by molar-refractivity contribution is 0.0692. The molecule has 0 aliphatic heterocycles. The summed E-state index contributed by atoms with van der Waals surface area (Å²) in [4.78, 5) is 20.3. The van der Waals surface area contributed by atoms with Crippen LogP contribution in [0.3, 0.4) is 0 Å². The van der Waals surface area contributed by atoms with E-state index >= 15 is 0 Å². The van der Waals surface area contributed by atoms with Crippen LogP contribution >= 0.6 is 11.6 Å². The number of nitrogens with zero attached hydrogens (tertiary/aromatic N) is 2. The summed E-state index contributed by atoms with van der Waals surface area (Å²) in [7, 11) is 1.59. The Morgan fingerprint density at radius 2 is 2.03 bits per heavy atom. The SMILES string of the molecule is COc1cc(Cl)cc2c(CCNc3cc(-c4ccc(C(=O)O)c(OC5CC5)c4)ncn3)c(C)oc12. The van der Waals surface area contributed by atoms with Crippen LogP contribution in [0.5, 0.6) is 11.5 Å². The van der Waals surface area contributed by atoms with Crippen molar-refractivity contribution >= 4 is 34.4 Å². The van der Waals surface area contributed by atoms with Crippen molar-refractivity contribution in [2.24, 2.45) is 0 Å². The summed E-state index contributed by atoms with van der Waals surface area (Å²) in [6.45, 7) is 2.53. The number of nitrogens with one attached hydrogen (secondary N) is 1. The fourth-order valence-corrected chi connectivity index (χ4v) is 4.22. The monoisotopic (exact) mass is 493 g/mol. The van der Waals surface area contributed by atoms with Crippen molar-refractivity contribution < 1.29 is 23.8 Å². The Hall–Kier alpha value is -3.78. The molecule has 0 atom stereocenters. The molecule has 2 aromatic heterocycles. The minimum Gasteiger partial charge on any atom is -0.493 e. The molecule has 9 heteroatoms. The molecule has 1 aliphatic carbocycles. The van der Waals surface area contributed by atoms with Crippen molar-refractivity contribution in [2.75, 3.05) is 19.0 Å². The van der Waals surface area contributed by atoms with Crippen LogP contribution in [0.15, 0.2) is 47.1 Å². The number of carboxylic acid groups (broad SMARTS) is 1. The van der Waals surface area contributed by atoms with E-state index < -0.39 is 5.97 Å². The molecule has 35 heavy (non-hydrogen) atoms. The van der Waals surface area contributed by atoms with Crippen LogP contribution in [0.25, 0.3) is 22.2 Å². The quantitative estimate of drug-likeness (QED) is 0.303. The number of aromatic nitrogens is 2. The largest absolute Gasteiger partial charge is 0.493 e. The Bertz CT molecular complexity index is 1410. The van der Waals surface area contributed by atoms with Crippen molar-refractivity contribution in [2.45, 2.75) is 32.3 Å². The first kappa shape index (κ1) is 23.0. The van der Waals surface area contributed by atoms with Gasteiger partial charge in [-0.05, 0) is 44.4 Å². The minimum absolute atomic E-state index is 0.0864. The highest BCUT2D eigenvalue weighted by molar-refractivity contribution is 6.31. The maximum Gasteiger partial charge on any atom is 0.339 e. The van der Waals surface area contributed by atoms with E-state index in [1.807, 2.05) is 19.1 Å². The summed E-state index contributed by atoms with van der Waals surface area (Å²) in [6, 6.07) is 10.5. The van der Waals surface area contributed by atoms with Gasteiger partial charge in [-0.25, -0.2) is 14.8 Å². The van der Waals surface area contributed by atoms with Crippen LogP contribution in [0.2, 0.25) is 5.02 Å². The van der Waals surface area contributed by atoms with Crippen molar-refractivity contribution in [3.63, 3.8) is 0 Å². The Balaban J connectivity index is 1.33.